The van der Waals surface area contributed by atoms with Gasteiger partial charge in [-0.1, -0.05) is 0 Å². The highest BCUT2D eigenvalue weighted by atomic mass is 16.2. The number of amides is 3. The van der Waals surface area contributed by atoms with E-state index in [1.54, 1.807) is 36.3 Å². The minimum atomic E-state index is -0.0939. The maximum Gasteiger partial charge on any atom is 0.319 e. The average Bonchev–Trinajstić information content (AvgIpc) is 2.52. The van der Waals surface area contributed by atoms with Crippen molar-refractivity contribution >= 4 is 11.9 Å². The zero-order valence-corrected chi connectivity index (χ0v) is 14.3. The molecule has 0 spiro atoms. The van der Waals surface area contributed by atoms with Crippen LogP contribution < -0.4 is 5.32 Å². The topological polar surface area (TPSA) is 68.8 Å². The van der Waals surface area contributed by atoms with Gasteiger partial charge in [-0.05, 0) is 31.6 Å². The van der Waals surface area contributed by atoms with Gasteiger partial charge in [0.2, 0.25) is 0 Å². The van der Waals surface area contributed by atoms with Crippen LogP contribution in [0.4, 0.5) is 4.79 Å². The lowest BCUT2D eigenvalue weighted by Crippen LogP contribution is -2.42. The van der Waals surface area contributed by atoms with Gasteiger partial charge in [0.1, 0.15) is 0 Å². The van der Waals surface area contributed by atoms with Gasteiger partial charge in [0, 0.05) is 52.7 Å². The number of hydrogen-bond donors (Lipinski definition) is 1. The van der Waals surface area contributed by atoms with Crippen LogP contribution in [-0.4, -0.2) is 79.4 Å². The van der Waals surface area contributed by atoms with Gasteiger partial charge in [-0.3, -0.25) is 9.78 Å². The van der Waals surface area contributed by atoms with Crippen LogP contribution in [0.2, 0.25) is 0 Å². The van der Waals surface area contributed by atoms with Gasteiger partial charge in [0.15, 0.2) is 0 Å². The minimum absolute atomic E-state index is 0.0171. The molecule has 1 N–H and O–H groups in total. The normalized spacial score (nSPS) is 13.7. The standard InChI is InChI=1S/C16H25N5O2/c1-19(2)8-6-18-15(22)14-10-17-9-12-11-21(7-5-13(12)14)16(23)20(3)4/h9-10H,5-8,11H2,1-4H3,(H,18,22). The first kappa shape index (κ1) is 17.2. The molecule has 7 nitrogen and oxygen atoms in total. The van der Waals surface area contributed by atoms with Crippen molar-refractivity contribution in [3.8, 4) is 0 Å². The number of carbonyl (C=O) groups is 2. The molecule has 0 saturated carbocycles. The van der Waals surface area contributed by atoms with E-state index >= 15 is 0 Å². The summed E-state index contributed by atoms with van der Waals surface area (Å²) < 4.78 is 0. The zero-order chi connectivity index (χ0) is 17.0. The fourth-order valence-corrected chi connectivity index (χ4v) is 2.62. The van der Waals surface area contributed by atoms with E-state index in [0.717, 1.165) is 17.7 Å². The minimum Gasteiger partial charge on any atom is -0.351 e. The number of likely N-dealkylation sites (N-methyl/N-ethyl adjacent to an activating group) is 1. The Balaban J connectivity index is 2.10. The molecule has 0 fully saturated rings. The lowest BCUT2D eigenvalue weighted by molar-refractivity contribution is 0.0949. The Labute approximate surface area is 137 Å². The van der Waals surface area contributed by atoms with E-state index in [2.05, 4.69) is 10.3 Å². The smallest absolute Gasteiger partial charge is 0.319 e. The predicted octanol–water partition coefficient (Wildman–Crippen LogP) is 0.413. The summed E-state index contributed by atoms with van der Waals surface area (Å²) in [4.78, 5) is 34.0. The van der Waals surface area contributed by atoms with Gasteiger partial charge in [0.25, 0.3) is 5.91 Å². The SMILES string of the molecule is CN(C)CCNC(=O)c1cncc2c1CCN(C(=O)N(C)C)C2. The molecule has 1 aliphatic heterocycles. The second-order valence-corrected chi connectivity index (χ2v) is 6.23. The first-order valence-corrected chi connectivity index (χ1v) is 7.75. The Kier molecular flexibility index (Phi) is 5.54. The number of hydrogen-bond acceptors (Lipinski definition) is 4. The number of nitrogens with zero attached hydrogens (tertiary/aromatic N) is 4. The molecule has 1 aromatic heterocycles. The summed E-state index contributed by atoms with van der Waals surface area (Å²) in [6.45, 7) is 2.50. The van der Waals surface area contributed by atoms with Crippen LogP contribution in [0.15, 0.2) is 12.4 Å². The summed E-state index contributed by atoms with van der Waals surface area (Å²) in [5.41, 5.74) is 2.58. The number of rotatable bonds is 4. The number of pyridine rings is 1. The van der Waals surface area contributed by atoms with Crippen LogP contribution in [0.25, 0.3) is 0 Å². The highest BCUT2D eigenvalue weighted by molar-refractivity contribution is 5.95. The maximum absolute atomic E-state index is 12.4. The highest BCUT2D eigenvalue weighted by Gasteiger charge is 2.25. The maximum atomic E-state index is 12.4. The van der Waals surface area contributed by atoms with Crippen LogP contribution in [-0.2, 0) is 13.0 Å². The van der Waals surface area contributed by atoms with Crippen LogP contribution in [0.1, 0.15) is 21.5 Å². The van der Waals surface area contributed by atoms with Crippen LogP contribution >= 0.6 is 0 Å². The van der Waals surface area contributed by atoms with Crippen molar-refractivity contribution in [1.29, 1.82) is 0 Å². The first-order valence-electron chi connectivity index (χ1n) is 7.75. The molecule has 2 heterocycles. The van der Waals surface area contributed by atoms with E-state index < -0.39 is 0 Å². The first-order chi connectivity index (χ1) is 10.9. The van der Waals surface area contributed by atoms with Crippen molar-refractivity contribution in [3.63, 3.8) is 0 Å². The lowest BCUT2D eigenvalue weighted by atomic mass is 9.97. The molecular weight excluding hydrogens is 294 g/mol. The predicted molar refractivity (Wildman–Crippen MR) is 88.3 cm³/mol. The molecule has 1 aliphatic rings. The van der Waals surface area contributed by atoms with Crippen molar-refractivity contribution in [3.05, 3.63) is 29.1 Å². The molecule has 0 saturated heterocycles. The van der Waals surface area contributed by atoms with Gasteiger partial charge in [-0.25, -0.2) is 4.79 Å². The molecule has 7 heteroatoms. The van der Waals surface area contributed by atoms with Crippen molar-refractivity contribution in [2.75, 3.05) is 47.8 Å². The van der Waals surface area contributed by atoms with Gasteiger partial charge in [-0.2, -0.15) is 0 Å². The quantitative estimate of drug-likeness (QED) is 0.873. The summed E-state index contributed by atoms with van der Waals surface area (Å²) in [6, 6.07) is -0.0171. The highest BCUT2D eigenvalue weighted by Crippen LogP contribution is 2.22. The third kappa shape index (κ3) is 4.19. The number of fused-ring (bicyclic) bond motifs is 1. The Hall–Kier alpha value is -2.15. The summed E-state index contributed by atoms with van der Waals surface area (Å²) in [7, 11) is 7.41. The molecule has 0 radical (unpaired) electrons. The third-order valence-electron chi connectivity index (χ3n) is 3.88. The molecule has 3 amide bonds. The Morgan fingerprint density at radius 1 is 1.26 bits per heavy atom. The van der Waals surface area contributed by atoms with Crippen molar-refractivity contribution < 1.29 is 9.59 Å². The summed E-state index contributed by atoms with van der Waals surface area (Å²) in [5.74, 6) is -0.0939. The van der Waals surface area contributed by atoms with Crippen LogP contribution in [0.5, 0.6) is 0 Å². The van der Waals surface area contributed by atoms with Gasteiger partial charge >= 0.3 is 6.03 Å². The molecule has 0 aromatic carbocycles. The monoisotopic (exact) mass is 319 g/mol. The summed E-state index contributed by atoms with van der Waals surface area (Å²) in [5, 5.41) is 2.92. The van der Waals surface area contributed by atoms with E-state index in [9.17, 15) is 9.59 Å². The molecule has 2 rings (SSSR count). The fraction of sp³-hybridized carbons (Fsp3) is 0.562. The largest absolute Gasteiger partial charge is 0.351 e. The zero-order valence-electron chi connectivity index (χ0n) is 14.3. The number of nitrogens with one attached hydrogen (secondary N) is 1. The molecular formula is C16H25N5O2. The molecule has 0 bridgehead atoms. The van der Waals surface area contributed by atoms with E-state index in [4.69, 9.17) is 0 Å². The molecule has 0 aliphatic carbocycles. The van der Waals surface area contributed by atoms with Gasteiger partial charge in [-0.15, -0.1) is 0 Å². The van der Waals surface area contributed by atoms with E-state index in [1.807, 2.05) is 19.0 Å². The molecule has 0 atom stereocenters. The third-order valence-corrected chi connectivity index (χ3v) is 3.88. The average molecular weight is 319 g/mol. The van der Waals surface area contributed by atoms with E-state index in [1.165, 1.54) is 0 Å². The Morgan fingerprint density at radius 3 is 2.65 bits per heavy atom. The van der Waals surface area contributed by atoms with Gasteiger partial charge < -0.3 is 20.0 Å². The van der Waals surface area contributed by atoms with Crippen LogP contribution in [0, 0.1) is 0 Å². The molecule has 0 unspecified atom stereocenters. The Bertz CT molecular complexity index is 586. The molecule has 126 valence electrons. The summed E-state index contributed by atoms with van der Waals surface area (Å²) >= 11 is 0. The lowest BCUT2D eigenvalue weighted by Gasteiger charge is -2.31. The second kappa shape index (κ2) is 7.41. The van der Waals surface area contributed by atoms with Crippen LogP contribution in [0.3, 0.4) is 0 Å². The van der Waals surface area contributed by atoms with Crippen molar-refractivity contribution in [2.45, 2.75) is 13.0 Å². The number of aromatic nitrogens is 1. The van der Waals surface area contributed by atoms with E-state index in [-0.39, 0.29) is 11.9 Å². The van der Waals surface area contributed by atoms with Crippen molar-refractivity contribution in [1.82, 2.24) is 25.0 Å². The van der Waals surface area contributed by atoms with Gasteiger partial charge in [0.05, 0.1) is 5.56 Å². The second-order valence-electron chi connectivity index (χ2n) is 6.23. The molecule has 23 heavy (non-hydrogen) atoms. The number of urea groups is 1. The van der Waals surface area contributed by atoms with Crippen molar-refractivity contribution in [2.24, 2.45) is 0 Å². The summed E-state index contributed by atoms with van der Waals surface area (Å²) in [6.07, 6.45) is 4.04. The fourth-order valence-electron chi connectivity index (χ4n) is 2.62. The number of carbonyl (C=O) groups excluding carboxylic acids is 2. The van der Waals surface area contributed by atoms with E-state index in [0.29, 0.717) is 31.6 Å². The molecule has 1 aromatic rings. The Morgan fingerprint density at radius 2 is 2.00 bits per heavy atom.